The first-order chi connectivity index (χ1) is 11.7. The Bertz CT molecular complexity index is 377. The van der Waals surface area contributed by atoms with Crippen molar-refractivity contribution >= 4 is 5.96 Å². The van der Waals surface area contributed by atoms with Crippen LogP contribution in [0.5, 0.6) is 0 Å². The quantitative estimate of drug-likeness (QED) is 0.455. The Labute approximate surface area is 147 Å². The van der Waals surface area contributed by atoms with Crippen LogP contribution in [-0.2, 0) is 4.74 Å². The zero-order valence-corrected chi connectivity index (χ0v) is 15.5. The Balaban J connectivity index is 1.69. The third-order valence-electron chi connectivity index (χ3n) is 5.32. The van der Waals surface area contributed by atoms with Crippen molar-refractivity contribution in [2.24, 2.45) is 16.3 Å². The van der Waals surface area contributed by atoms with Gasteiger partial charge in [0.1, 0.15) is 0 Å². The number of nitrogens with one attached hydrogen (secondary N) is 2. The summed E-state index contributed by atoms with van der Waals surface area (Å²) in [6.07, 6.45) is 5.86. The van der Waals surface area contributed by atoms with Crippen molar-refractivity contribution in [1.29, 1.82) is 0 Å². The lowest BCUT2D eigenvalue weighted by Gasteiger charge is -2.30. The van der Waals surface area contributed by atoms with Gasteiger partial charge in [-0.2, -0.15) is 0 Å². The molecule has 0 saturated carbocycles. The molecule has 3 N–H and O–H groups in total. The minimum atomic E-state index is 0.0474. The molecule has 0 aromatic heterocycles. The van der Waals surface area contributed by atoms with Crippen LogP contribution < -0.4 is 10.6 Å². The van der Waals surface area contributed by atoms with Gasteiger partial charge in [-0.3, -0.25) is 4.99 Å². The van der Waals surface area contributed by atoms with Gasteiger partial charge in [0.2, 0.25) is 0 Å². The normalized spacial score (nSPS) is 27.2. The van der Waals surface area contributed by atoms with E-state index in [4.69, 9.17) is 4.74 Å². The molecule has 6 nitrogen and oxygen atoms in total. The lowest BCUT2D eigenvalue weighted by Crippen LogP contribution is -2.46. The molecule has 2 unspecified atom stereocenters. The number of rotatable bonds is 8. The summed E-state index contributed by atoms with van der Waals surface area (Å²) in [4.78, 5) is 6.92. The maximum atomic E-state index is 9.31. The second-order valence-corrected chi connectivity index (χ2v) is 7.55. The Morgan fingerprint density at radius 3 is 2.71 bits per heavy atom. The van der Waals surface area contributed by atoms with E-state index in [-0.39, 0.29) is 12.0 Å². The van der Waals surface area contributed by atoms with Crippen molar-refractivity contribution in [1.82, 2.24) is 15.5 Å². The topological polar surface area (TPSA) is 69.1 Å². The summed E-state index contributed by atoms with van der Waals surface area (Å²) in [6, 6.07) is 0. The molecule has 0 aliphatic carbocycles. The highest BCUT2D eigenvalue weighted by molar-refractivity contribution is 5.79. The van der Waals surface area contributed by atoms with Gasteiger partial charge in [-0.15, -0.1) is 0 Å². The van der Waals surface area contributed by atoms with Crippen LogP contribution >= 0.6 is 0 Å². The first-order valence-corrected chi connectivity index (χ1v) is 9.53. The van der Waals surface area contributed by atoms with Crippen molar-refractivity contribution in [3.8, 4) is 0 Å². The van der Waals surface area contributed by atoms with E-state index in [1.54, 1.807) is 0 Å². The van der Waals surface area contributed by atoms with E-state index in [1.165, 1.54) is 32.4 Å². The molecule has 2 aliphatic rings. The highest BCUT2D eigenvalue weighted by atomic mass is 16.5. The van der Waals surface area contributed by atoms with Gasteiger partial charge in [0.15, 0.2) is 5.96 Å². The third kappa shape index (κ3) is 6.22. The van der Waals surface area contributed by atoms with E-state index in [0.29, 0.717) is 5.92 Å². The lowest BCUT2D eigenvalue weighted by atomic mass is 9.84. The van der Waals surface area contributed by atoms with Gasteiger partial charge in [0.05, 0.1) is 6.61 Å². The predicted octanol–water partition coefficient (Wildman–Crippen LogP) is 1.06. The highest BCUT2D eigenvalue weighted by Crippen LogP contribution is 2.31. The van der Waals surface area contributed by atoms with Crippen LogP contribution in [0.15, 0.2) is 4.99 Å². The minimum Gasteiger partial charge on any atom is -0.396 e. The average Bonchev–Trinajstić information content (AvgIpc) is 3.05. The van der Waals surface area contributed by atoms with Crippen molar-refractivity contribution in [2.75, 3.05) is 59.6 Å². The summed E-state index contributed by atoms with van der Waals surface area (Å²) in [5, 5.41) is 16.2. The third-order valence-corrected chi connectivity index (χ3v) is 5.32. The summed E-state index contributed by atoms with van der Waals surface area (Å²) in [7, 11) is 1.81. The van der Waals surface area contributed by atoms with Gasteiger partial charge in [-0.1, -0.05) is 13.3 Å². The summed E-state index contributed by atoms with van der Waals surface area (Å²) in [5.74, 6) is 1.45. The van der Waals surface area contributed by atoms with Gasteiger partial charge < -0.3 is 25.4 Å². The van der Waals surface area contributed by atoms with Gasteiger partial charge in [0, 0.05) is 45.3 Å². The zero-order valence-electron chi connectivity index (χ0n) is 15.5. The van der Waals surface area contributed by atoms with Gasteiger partial charge in [-0.25, -0.2) is 0 Å². The van der Waals surface area contributed by atoms with Crippen LogP contribution in [-0.4, -0.2) is 75.6 Å². The molecule has 24 heavy (non-hydrogen) atoms. The minimum absolute atomic E-state index is 0.0474. The van der Waals surface area contributed by atoms with E-state index in [9.17, 15) is 5.11 Å². The fourth-order valence-electron chi connectivity index (χ4n) is 3.72. The van der Waals surface area contributed by atoms with Crippen molar-refractivity contribution in [2.45, 2.75) is 39.0 Å². The number of nitrogens with zero attached hydrogens (tertiary/aromatic N) is 2. The fourth-order valence-corrected chi connectivity index (χ4v) is 3.72. The van der Waals surface area contributed by atoms with Gasteiger partial charge >= 0.3 is 0 Å². The van der Waals surface area contributed by atoms with Crippen LogP contribution in [0.25, 0.3) is 0 Å². The highest BCUT2D eigenvalue weighted by Gasteiger charge is 2.34. The molecule has 0 bridgehead atoms. The Kier molecular flexibility index (Phi) is 8.29. The average molecular weight is 341 g/mol. The van der Waals surface area contributed by atoms with E-state index in [0.717, 1.165) is 51.6 Å². The first kappa shape index (κ1) is 19.5. The molecule has 2 atom stereocenters. The van der Waals surface area contributed by atoms with Gasteiger partial charge in [0.25, 0.3) is 0 Å². The fraction of sp³-hybridized carbons (Fsp3) is 0.944. The summed E-state index contributed by atoms with van der Waals surface area (Å²) in [6.45, 7) is 9.42. The Morgan fingerprint density at radius 2 is 2.08 bits per heavy atom. The summed E-state index contributed by atoms with van der Waals surface area (Å²) in [5.41, 5.74) is 0.0474. The van der Waals surface area contributed by atoms with Crippen LogP contribution in [0.3, 0.4) is 0 Å². The lowest BCUT2D eigenvalue weighted by molar-refractivity contribution is 0.127. The zero-order chi connectivity index (χ0) is 17.3. The standard InChI is InChI=1S/C18H36N4O2/c1-16(13-22-8-4-3-5-9-22)12-20-17(19-2)21-14-18(6-10-23)7-11-24-15-18/h16,23H,3-15H2,1-2H3,(H2,19,20,21). The molecular formula is C18H36N4O2. The molecule has 6 heteroatoms. The second-order valence-electron chi connectivity index (χ2n) is 7.55. The number of guanidine groups is 1. The summed E-state index contributed by atoms with van der Waals surface area (Å²) < 4.78 is 5.54. The van der Waals surface area contributed by atoms with Crippen molar-refractivity contribution in [3.63, 3.8) is 0 Å². The molecule has 0 amide bonds. The number of hydrogen-bond donors (Lipinski definition) is 3. The largest absolute Gasteiger partial charge is 0.396 e. The molecule has 0 aromatic carbocycles. The Hall–Kier alpha value is -0.850. The van der Waals surface area contributed by atoms with Gasteiger partial charge in [-0.05, 0) is 44.7 Å². The molecule has 2 fully saturated rings. The number of likely N-dealkylation sites (tertiary alicyclic amines) is 1. The molecule has 0 radical (unpaired) electrons. The number of aliphatic imine (C=N–C) groups is 1. The Morgan fingerprint density at radius 1 is 1.29 bits per heavy atom. The van der Waals surface area contributed by atoms with Crippen LogP contribution in [0.4, 0.5) is 0 Å². The molecule has 2 saturated heterocycles. The first-order valence-electron chi connectivity index (χ1n) is 9.53. The number of piperidine rings is 1. The number of ether oxygens (including phenoxy) is 1. The van der Waals surface area contributed by atoms with E-state index in [1.807, 2.05) is 7.05 Å². The predicted molar refractivity (Wildman–Crippen MR) is 98.4 cm³/mol. The maximum Gasteiger partial charge on any atom is 0.191 e. The van der Waals surface area contributed by atoms with E-state index < -0.39 is 0 Å². The van der Waals surface area contributed by atoms with E-state index >= 15 is 0 Å². The van der Waals surface area contributed by atoms with Crippen molar-refractivity contribution in [3.05, 3.63) is 0 Å². The van der Waals surface area contributed by atoms with Crippen LogP contribution in [0.2, 0.25) is 0 Å². The smallest absolute Gasteiger partial charge is 0.191 e. The number of hydrogen-bond acceptors (Lipinski definition) is 4. The van der Waals surface area contributed by atoms with E-state index in [2.05, 4.69) is 27.4 Å². The van der Waals surface area contributed by atoms with Crippen LogP contribution in [0, 0.1) is 11.3 Å². The molecule has 2 aliphatic heterocycles. The van der Waals surface area contributed by atoms with Crippen LogP contribution in [0.1, 0.15) is 39.0 Å². The molecule has 0 aromatic rings. The number of aliphatic hydroxyl groups is 1. The molecule has 0 spiro atoms. The van der Waals surface area contributed by atoms with Crippen molar-refractivity contribution < 1.29 is 9.84 Å². The monoisotopic (exact) mass is 340 g/mol. The molecule has 2 heterocycles. The molecule has 2 rings (SSSR count). The number of aliphatic hydroxyl groups excluding tert-OH is 1. The second kappa shape index (κ2) is 10.2. The SMILES string of the molecule is CN=C(NCC(C)CN1CCCCC1)NCC1(CCO)CCOC1. The molecular weight excluding hydrogens is 304 g/mol. The molecule has 140 valence electrons. The maximum absolute atomic E-state index is 9.31. The summed E-state index contributed by atoms with van der Waals surface area (Å²) >= 11 is 0.